The molecule has 1 aromatic carbocycles. The first-order chi connectivity index (χ1) is 11.6. The van der Waals surface area contributed by atoms with Crippen molar-refractivity contribution in [1.29, 1.82) is 0 Å². The summed E-state index contributed by atoms with van der Waals surface area (Å²) in [6.45, 7) is 5.20. The molecule has 0 saturated carbocycles. The Morgan fingerprint density at radius 1 is 1.33 bits per heavy atom. The maximum Gasteiger partial charge on any atom is 0.304 e. The number of hydrogen-bond acceptors (Lipinski definition) is 2. The van der Waals surface area contributed by atoms with Crippen LogP contribution in [0.2, 0.25) is 0 Å². The number of rotatable bonds is 6. The number of fused-ring (bicyclic) bond motifs is 1. The molecule has 0 amide bonds. The fourth-order valence-electron chi connectivity index (χ4n) is 3.80. The molecule has 0 radical (unpaired) electrons. The summed E-state index contributed by atoms with van der Waals surface area (Å²) in [5, 5.41) is 9.28. The van der Waals surface area contributed by atoms with Gasteiger partial charge in [0.1, 0.15) is 5.82 Å². The van der Waals surface area contributed by atoms with Gasteiger partial charge in [0.2, 0.25) is 0 Å². The van der Waals surface area contributed by atoms with Gasteiger partial charge in [-0.1, -0.05) is 44.2 Å². The Labute approximate surface area is 143 Å². The number of aryl methyl sites for hydroxylation is 2. The standard InChI is InChI=1S/C20H26N2O2/c1-14(2)20-21-17-10-6-9-16(13-18(23)24)19(17)22(20)12-11-15-7-4-3-5-8-15/h3-5,7-8,14,16H,6,9-13H2,1-2H3,(H,23,24). The molecule has 0 aliphatic heterocycles. The molecule has 4 heteroatoms. The highest BCUT2D eigenvalue weighted by molar-refractivity contribution is 5.68. The van der Waals surface area contributed by atoms with E-state index in [0.29, 0.717) is 5.92 Å². The lowest BCUT2D eigenvalue weighted by molar-refractivity contribution is -0.137. The minimum absolute atomic E-state index is 0.0991. The van der Waals surface area contributed by atoms with Gasteiger partial charge in [-0.05, 0) is 31.2 Å². The van der Waals surface area contributed by atoms with E-state index in [9.17, 15) is 9.90 Å². The van der Waals surface area contributed by atoms with Crippen molar-refractivity contribution in [3.63, 3.8) is 0 Å². The van der Waals surface area contributed by atoms with Gasteiger partial charge < -0.3 is 9.67 Å². The topological polar surface area (TPSA) is 55.1 Å². The van der Waals surface area contributed by atoms with E-state index in [1.54, 1.807) is 0 Å². The van der Waals surface area contributed by atoms with Gasteiger partial charge in [0, 0.05) is 24.1 Å². The minimum atomic E-state index is -0.713. The van der Waals surface area contributed by atoms with Crippen molar-refractivity contribution >= 4 is 5.97 Å². The van der Waals surface area contributed by atoms with Crippen LogP contribution in [0, 0.1) is 0 Å². The van der Waals surface area contributed by atoms with E-state index >= 15 is 0 Å². The highest BCUT2D eigenvalue weighted by atomic mass is 16.4. The number of aromatic nitrogens is 2. The molecule has 1 heterocycles. The molecule has 1 unspecified atom stereocenters. The van der Waals surface area contributed by atoms with Crippen molar-refractivity contribution in [2.24, 2.45) is 0 Å². The third-order valence-corrected chi connectivity index (χ3v) is 4.87. The number of hydrogen-bond donors (Lipinski definition) is 1. The van der Waals surface area contributed by atoms with Crippen molar-refractivity contribution in [2.45, 2.75) is 64.3 Å². The molecule has 4 nitrogen and oxygen atoms in total. The number of carbonyl (C=O) groups is 1. The first kappa shape index (κ1) is 16.7. The number of carboxylic acids is 1. The molecule has 1 aliphatic carbocycles. The van der Waals surface area contributed by atoms with Crippen LogP contribution in [0.3, 0.4) is 0 Å². The second kappa shape index (κ2) is 7.20. The van der Waals surface area contributed by atoms with Crippen molar-refractivity contribution in [1.82, 2.24) is 9.55 Å². The fraction of sp³-hybridized carbons (Fsp3) is 0.500. The number of nitrogens with zero attached hydrogens (tertiary/aromatic N) is 2. The summed E-state index contributed by atoms with van der Waals surface area (Å²) in [6, 6.07) is 10.5. The summed E-state index contributed by atoms with van der Waals surface area (Å²) in [6.07, 6.45) is 4.13. The molecular weight excluding hydrogens is 300 g/mol. The highest BCUT2D eigenvalue weighted by Gasteiger charge is 2.29. The van der Waals surface area contributed by atoms with E-state index in [0.717, 1.165) is 43.7 Å². The van der Waals surface area contributed by atoms with Gasteiger partial charge in [-0.25, -0.2) is 4.98 Å². The fourth-order valence-corrected chi connectivity index (χ4v) is 3.80. The lowest BCUT2D eigenvalue weighted by Crippen LogP contribution is -2.19. The molecule has 0 bridgehead atoms. The Bertz CT molecular complexity index is 704. The largest absolute Gasteiger partial charge is 0.481 e. The number of benzene rings is 1. The first-order valence-electron chi connectivity index (χ1n) is 8.91. The average molecular weight is 326 g/mol. The summed E-state index contributed by atoms with van der Waals surface area (Å²) in [4.78, 5) is 16.2. The normalized spacial score (nSPS) is 17.0. The maximum absolute atomic E-state index is 11.3. The van der Waals surface area contributed by atoms with E-state index in [4.69, 9.17) is 4.98 Å². The van der Waals surface area contributed by atoms with Gasteiger partial charge in [0.15, 0.2) is 0 Å². The Kier molecular flexibility index (Phi) is 5.03. The zero-order chi connectivity index (χ0) is 17.1. The lowest BCUT2D eigenvalue weighted by Gasteiger charge is -2.24. The average Bonchev–Trinajstić information content (AvgIpc) is 2.93. The molecule has 0 saturated heterocycles. The van der Waals surface area contributed by atoms with Gasteiger partial charge in [0.25, 0.3) is 0 Å². The SMILES string of the molecule is CC(C)c1nc2c(n1CCc1ccccc1)C(CC(=O)O)CCC2. The Morgan fingerprint density at radius 2 is 2.08 bits per heavy atom. The van der Waals surface area contributed by atoms with Crippen molar-refractivity contribution < 1.29 is 9.90 Å². The first-order valence-corrected chi connectivity index (χ1v) is 8.91. The molecule has 1 atom stereocenters. The quantitative estimate of drug-likeness (QED) is 0.868. The highest BCUT2D eigenvalue weighted by Crippen LogP contribution is 2.36. The van der Waals surface area contributed by atoms with Crippen LogP contribution in [0.1, 0.15) is 67.7 Å². The summed E-state index contributed by atoms with van der Waals surface area (Å²) in [5.41, 5.74) is 3.62. The van der Waals surface area contributed by atoms with Gasteiger partial charge in [-0.2, -0.15) is 0 Å². The Balaban J connectivity index is 1.93. The molecule has 1 N–H and O–H groups in total. The van der Waals surface area contributed by atoms with Crippen LogP contribution in [0.15, 0.2) is 30.3 Å². The number of aliphatic carboxylic acids is 1. The van der Waals surface area contributed by atoms with Crippen LogP contribution in [-0.4, -0.2) is 20.6 Å². The van der Waals surface area contributed by atoms with E-state index in [2.05, 4.69) is 42.7 Å². The molecule has 128 valence electrons. The summed E-state index contributed by atoms with van der Waals surface area (Å²) in [7, 11) is 0. The third kappa shape index (κ3) is 3.53. The predicted molar refractivity (Wildman–Crippen MR) is 94.4 cm³/mol. The zero-order valence-corrected chi connectivity index (χ0v) is 14.5. The van der Waals surface area contributed by atoms with Crippen LogP contribution in [-0.2, 0) is 24.2 Å². The molecule has 0 spiro atoms. The van der Waals surface area contributed by atoms with Crippen LogP contribution in [0.4, 0.5) is 0 Å². The smallest absolute Gasteiger partial charge is 0.304 e. The second-order valence-corrected chi connectivity index (χ2v) is 7.03. The lowest BCUT2D eigenvalue weighted by atomic mass is 9.87. The molecule has 3 rings (SSSR count). The summed E-state index contributed by atoms with van der Waals surface area (Å²) in [5.74, 6) is 0.835. The van der Waals surface area contributed by atoms with Gasteiger partial charge >= 0.3 is 5.97 Å². The Morgan fingerprint density at radius 3 is 2.75 bits per heavy atom. The van der Waals surface area contributed by atoms with Gasteiger partial charge in [-0.15, -0.1) is 0 Å². The summed E-state index contributed by atoms with van der Waals surface area (Å²) >= 11 is 0. The third-order valence-electron chi connectivity index (χ3n) is 4.87. The minimum Gasteiger partial charge on any atom is -0.481 e. The number of carboxylic acid groups (broad SMARTS) is 1. The number of imidazole rings is 1. The maximum atomic E-state index is 11.3. The van der Waals surface area contributed by atoms with Crippen molar-refractivity contribution in [2.75, 3.05) is 0 Å². The van der Waals surface area contributed by atoms with Crippen LogP contribution >= 0.6 is 0 Å². The van der Waals surface area contributed by atoms with E-state index in [1.165, 1.54) is 11.3 Å². The monoisotopic (exact) mass is 326 g/mol. The van der Waals surface area contributed by atoms with Crippen molar-refractivity contribution in [3.05, 3.63) is 53.1 Å². The van der Waals surface area contributed by atoms with Crippen molar-refractivity contribution in [3.8, 4) is 0 Å². The molecule has 2 aromatic rings. The molecule has 24 heavy (non-hydrogen) atoms. The van der Waals surface area contributed by atoms with Gasteiger partial charge in [0.05, 0.1) is 12.1 Å². The van der Waals surface area contributed by atoms with Crippen LogP contribution in [0.5, 0.6) is 0 Å². The Hall–Kier alpha value is -2.10. The van der Waals surface area contributed by atoms with Gasteiger partial charge in [-0.3, -0.25) is 4.79 Å². The predicted octanol–water partition coefficient (Wildman–Crippen LogP) is 4.14. The van der Waals surface area contributed by atoms with E-state index < -0.39 is 5.97 Å². The molecule has 1 aliphatic rings. The molecule has 0 fully saturated rings. The second-order valence-electron chi connectivity index (χ2n) is 7.03. The van der Waals surface area contributed by atoms with Crippen LogP contribution in [0.25, 0.3) is 0 Å². The van der Waals surface area contributed by atoms with E-state index in [-0.39, 0.29) is 12.3 Å². The van der Waals surface area contributed by atoms with E-state index in [1.807, 2.05) is 6.07 Å². The molecular formula is C20H26N2O2. The van der Waals surface area contributed by atoms with Crippen LogP contribution < -0.4 is 0 Å². The zero-order valence-electron chi connectivity index (χ0n) is 14.5. The summed E-state index contributed by atoms with van der Waals surface area (Å²) < 4.78 is 2.32. The molecule has 1 aromatic heterocycles.